The van der Waals surface area contributed by atoms with Crippen molar-refractivity contribution in [1.82, 2.24) is 19.6 Å². The van der Waals surface area contributed by atoms with Crippen LogP contribution in [-0.2, 0) is 17.8 Å². The number of likely N-dealkylation sites (N-methyl/N-ethyl adjacent to an activating group) is 2. The molecule has 6 nitrogen and oxygen atoms in total. The molecule has 2 amide bonds. The van der Waals surface area contributed by atoms with E-state index in [-0.39, 0.29) is 18.4 Å². The summed E-state index contributed by atoms with van der Waals surface area (Å²) in [5, 5.41) is 4.41. The maximum Gasteiger partial charge on any atom is 0.257 e. The van der Waals surface area contributed by atoms with Gasteiger partial charge in [-0.15, -0.1) is 0 Å². The molecule has 0 aliphatic rings. The molecule has 0 saturated heterocycles. The van der Waals surface area contributed by atoms with Crippen LogP contribution in [0.15, 0.2) is 36.5 Å². The van der Waals surface area contributed by atoms with Gasteiger partial charge in [-0.3, -0.25) is 14.3 Å². The van der Waals surface area contributed by atoms with Gasteiger partial charge in [0, 0.05) is 20.1 Å². The Morgan fingerprint density at radius 2 is 1.73 bits per heavy atom. The number of amides is 2. The summed E-state index contributed by atoms with van der Waals surface area (Å²) in [6.45, 7) is 7.88. The van der Waals surface area contributed by atoms with Crippen molar-refractivity contribution in [2.45, 2.75) is 33.7 Å². The summed E-state index contributed by atoms with van der Waals surface area (Å²) in [5.41, 5.74) is 2.59. The van der Waals surface area contributed by atoms with E-state index in [1.807, 2.05) is 55.8 Å². The quantitative estimate of drug-likeness (QED) is 0.730. The first-order chi connectivity index (χ1) is 12.5. The van der Waals surface area contributed by atoms with Gasteiger partial charge in [-0.25, -0.2) is 0 Å². The predicted octanol–water partition coefficient (Wildman–Crippen LogP) is 2.43. The second kappa shape index (κ2) is 9.17. The SMILES string of the molecule is CCc1c(C(=O)N(C)CC(=O)N(CC)CC)cnn1Cc1ccccc1. The molecular formula is C20H28N4O2. The Hall–Kier alpha value is -2.63. The fraction of sp³-hybridized carbons (Fsp3) is 0.450. The van der Waals surface area contributed by atoms with E-state index < -0.39 is 0 Å². The Labute approximate surface area is 155 Å². The topological polar surface area (TPSA) is 58.4 Å². The molecule has 26 heavy (non-hydrogen) atoms. The van der Waals surface area contributed by atoms with Crippen molar-refractivity contribution in [3.63, 3.8) is 0 Å². The second-order valence-electron chi connectivity index (χ2n) is 6.23. The van der Waals surface area contributed by atoms with Crippen molar-refractivity contribution in [3.8, 4) is 0 Å². The van der Waals surface area contributed by atoms with E-state index in [4.69, 9.17) is 0 Å². The maximum absolute atomic E-state index is 12.8. The van der Waals surface area contributed by atoms with E-state index in [0.717, 1.165) is 11.3 Å². The number of hydrogen-bond donors (Lipinski definition) is 0. The van der Waals surface area contributed by atoms with Crippen molar-refractivity contribution in [2.75, 3.05) is 26.7 Å². The average molecular weight is 356 g/mol. The zero-order chi connectivity index (χ0) is 19.1. The third-order valence-corrected chi connectivity index (χ3v) is 4.52. The predicted molar refractivity (Wildman–Crippen MR) is 102 cm³/mol. The van der Waals surface area contributed by atoms with Crippen LogP contribution >= 0.6 is 0 Å². The molecular weight excluding hydrogens is 328 g/mol. The summed E-state index contributed by atoms with van der Waals surface area (Å²) < 4.78 is 1.86. The van der Waals surface area contributed by atoms with Gasteiger partial charge in [-0.1, -0.05) is 37.3 Å². The number of aromatic nitrogens is 2. The van der Waals surface area contributed by atoms with E-state index in [0.29, 0.717) is 31.6 Å². The van der Waals surface area contributed by atoms with Crippen LogP contribution in [0.1, 0.15) is 42.4 Å². The molecule has 1 aromatic heterocycles. The molecule has 0 atom stereocenters. The van der Waals surface area contributed by atoms with E-state index in [1.54, 1.807) is 18.1 Å². The number of carbonyl (C=O) groups excluding carboxylic acids is 2. The molecule has 140 valence electrons. The van der Waals surface area contributed by atoms with Gasteiger partial charge in [0.05, 0.1) is 30.5 Å². The lowest BCUT2D eigenvalue weighted by Gasteiger charge is -2.23. The van der Waals surface area contributed by atoms with Crippen LogP contribution in [0.4, 0.5) is 0 Å². The molecule has 0 spiro atoms. The van der Waals surface area contributed by atoms with Gasteiger partial charge in [-0.2, -0.15) is 5.10 Å². The van der Waals surface area contributed by atoms with Crippen LogP contribution in [0.25, 0.3) is 0 Å². The minimum Gasteiger partial charge on any atom is -0.342 e. The molecule has 0 bridgehead atoms. The van der Waals surface area contributed by atoms with E-state index in [2.05, 4.69) is 5.10 Å². The van der Waals surface area contributed by atoms with Crippen molar-refractivity contribution in [3.05, 3.63) is 53.3 Å². The average Bonchev–Trinajstić information content (AvgIpc) is 3.05. The Balaban J connectivity index is 2.14. The highest BCUT2D eigenvalue weighted by atomic mass is 16.2. The van der Waals surface area contributed by atoms with Gasteiger partial charge >= 0.3 is 0 Å². The highest BCUT2D eigenvalue weighted by Crippen LogP contribution is 2.14. The highest BCUT2D eigenvalue weighted by Gasteiger charge is 2.22. The number of benzene rings is 1. The van der Waals surface area contributed by atoms with Crippen LogP contribution in [0.2, 0.25) is 0 Å². The number of nitrogens with zero attached hydrogens (tertiary/aromatic N) is 4. The minimum absolute atomic E-state index is 0.0411. The third kappa shape index (κ3) is 4.50. The van der Waals surface area contributed by atoms with Crippen LogP contribution in [0.3, 0.4) is 0 Å². The Bertz CT molecular complexity index is 736. The van der Waals surface area contributed by atoms with E-state index >= 15 is 0 Å². The molecule has 1 aromatic carbocycles. The first-order valence-electron chi connectivity index (χ1n) is 9.13. The van der Waals surface area contributed by atoms with Crippen molar-refractivity contribution < 1.29 is 9.59 Å². The van der Waals surface area contributed by atoms with E-state index in [1.165, 1.54) is 4.90 Å². The molecule has 2 aromatic rings. The first-order valence-corrected chi connectivity index (χ1v) is 9.13. The monoisotopic (exact) mass is 356 g/mol. The lowest BCUT2D eigenvalue weighted by Crippen LogP contribution is -2.41. The van der Waals surface area contributed by atoms with Gasteiger partial charge in [0.1, 0.15) is 0 Å². The molecule has 0 aliphatic heterocycles. The van der Waals surface area contributed by atoms with Gasteiger partial charge in [0.2, 0.25) is 5.91 Å². The summed E-state index contributed by atoms with van der Waals surface area (Å²) >= 11 is 0. The van der Waals surface area contributed by atoms with E-state index in [9.17, 15) is 9.59 Å². The normalized spacial score (nSPS) is 10.6. The van der Waals surface area contributed by atoms with Gasteiger partial charge in [0.15, 0.2) is 0 Å². The Morgan fingerprint density at radius 1 is 1.08 bits per heavy atom. The number of rotatable bonds is 8. The van der Waals surface area contributed by atoms with Gasteiger partial charge < -0.3 is 9.80 Å². The summed E-state index contributed by atoms with van der Waals surface area (Å²) in [5.74, 6) is -0.206. The van der Waals surface area contributed by atoms with Crippen molar-refractivity contribution in [1.29, 1.82) is 0 Å². The zero-order valence-electron chi connectivity index (χ0n) is 16.1. The summed E-state index contributed by atoms with van der Waals surface area (Å²) in [4.78, 5) is 28.3. The number of hydrogen-bond acceptors (Lipinski definition) is 3. The molecule has 6 heteroatoms. The zero-order valence-corrected chi connectivity index (χ0v) is 16.1. The maximum atomic E-state index is 12.8. The summed E-state index contributed by atoms with van der Waals surface area (Å²) in [6.07, 6.45) is 2.31. The fourth-order valence-corrected chi connectivity index (χ4v) is 3.01. The summed E-state index contributed by atoms with van der Waals surface area (Å²) in [7, 11) is 1.66. The van der Waals surface area contributed by atoms with Crippen LogP contribution in [0.5, 0.6) is 0 Å². The van der Waals surface area contributed by atoms with Crippen LogP contribution < -0.4 is 0 Å². The minimum atomic E-state index is -0.165. The van der Waals surface area contributed by atoms with Crippen LogP contribution in [0, 0.1) is 0 Å². The molecule has 0 unspecified atom stereocenters. The third-order valence-electron chi connectivity index (χ3n) is 4.52. The second-order valence-corrected chi connectivity index (χ2v) is 6.23. The van der Waals surface area contributed by atoms with Crippen LogP contribution in [-0.4, -0.2) is 58.1 Å². The van der Waals surface area contributed by atoms with Crippen molar-refractivity contribution in [2.24, 2.45) is 0 Å². The molecule has 0 saturated carbocycles. The molecule has 0 aliphatic carbocycles. The molecule has 0 N–H and O–H groups in total. The first kappa shape index (κ1) is 19.7. The smallest absolute Gasteiger partial charge is 0.257 e. The molecule has 0 fully saturated rings. The lowest BCUT2D eigenvalue weighted by molar-refractivity contribution is -0.131. The largest absolute Gasteiger partial charge is 0.342 e. The van der Waals surface area contributed by atoms with Crippen molar-refractivity contribution >= 4 is 11.8 Å². The summed E-state index contributed by atoms with van der Waals surface area (Å²) in [6, 6.07) is 10.0. The Kier molecular flexibility index (Phi) is 6.95. The number of carbonyl (C=O) groups is 2. The molecule has 1 heterocycles. The molecule has 0 radical (unpaired) electrons. The Morgan fingerprint density at radius 3 is 2.31 bits per heavy atom. The van der Waals surface area contributed by atoms with Gasteiger partial charge in [-0.05, 0) is 25.8 Å². The standard InChI is InChI=1S/C20H28N4O2/c1-5-18-17(13-21-24(18)14-16-11-9-8-10-12-16)20(26)22(4)15-19(25)23(6-2)7-3/h8-13H,5-7,14-15H2,1-4H3. The molecule has 2 rings (SSSR count). The lowest BCUT2D eigenvalue weighted by atomic mass is 10.1. The fourth-order valence-electron chi connectivity index (χ4n) is 3.01. The van der Waals surface area contributed by atoms with Gasteiger partial charge in [0.25, 0.3) is 5.91 Å². The highest BCUT2D eigenvalue weighted by molar-refractivity contribution is 5.97.